The summed E-state index contributed by atoms with van der Waals surface area (Å²) in [5, 5.41) is 1.07. The minimum absolute atomic E-state index is 0.0413. The van der Waals surface area contributed by atoms with Gasteiger partial charge in [-0.2, -0.15) is 0 Å². The lowest BCUT2D eigenvalue weighted by atomic mass is 10.1. The van der Waals surface area contributed by atoms with Crippen molar-refractivity contribution in [3.05, 3.63) is 36.0 Å². The van der Waals surface area contributed by atoms with Gasteiger partial charge in [-0.1, -0.05) is 24.1 Å². The summed E-state index contributed by atoms with van der Waals surface area (Å²) in [6.45, 7) is -0.0413. The first-order valence-corrected chi connectivity index (χ1v) is 5.63. The summed E-state index contributed by atoms with van der Waals surface area (Å²) < 4.78 is 4.80. The van der Waals surface area contributed by atoms with E-state index in [1.165, 1.54) is 0 Å². The average Bonchev–Trinajstić information content (AvgIpc) is 2.79. The zero-order valence-corrected chi connectivity index (χ0v) is 9.85. The van der Waals surface area contributed by atoms with Crippen LogP contribution in [0, 0.1) is 12.3 Å². The molecular weight excluding hydrogens is 228 g/mol. The fraction of sp³-hybridized carbons (Fsp3) is 0.214. The molecule has 0 saturated heterocycles. The van der Waals surface area contributed by atoms with E-state index < -0.39 is 12.0 Å². The molecule has 1 heterocycles. The molecule has 1 atom stereocenters. The summed E-state index contributed by atoms with van der Waals surface area (Å²) in [4.78, 5) is 14.6. The van der Waals surface area contributed by atoms with Crippen LogP contribution in [0.2, 0.25) is 0 Å². The number of para-hydroxylation sites is 1. The summed E-state index contributed by atoms with van der Waals surface area (Å²) >= 11 is 0. The molecule has 0 fully saturated rings. The van der Waals surface area contributed by atoms with E-state index in [4.69, 9.17) is 16.9 Å². The van der Waals surface area contributed by atoms with Crippen LogP contribution >= 0.6 is 0 Å². The van der Waals surface area contributed by atoms with Gasteiger partial charge in [-0.25, -0.2) is 0 Å². The van der Waals surface area contributed by atoms with Crippen LogP contribution in [0.3, 0.4) is 0 Å². The zero-order valence-electron chi connectivity index (χ0n) is 9.85. The Morgan fingerprint density at radius 1 is 1.50 bits per heavy atom. The number of rotatable bonds is 4. The van der Waals surface area contributed by atoms with Gasteiger partial charge in [0.1, 0.15) is 6.04 Å². The Labute approximate surface area is 105 Å². The molecule has 92 valence electrons. The lowest BCUT2D eigenvalue weighted by Gasteiger charge is -2.09. The van der Waals surface area contributed by atoms with Gasteiger partial charge in [-0.3, -0.25) is 4.79 Å². The quantitative estimate of drug-likeness (QED) is 0.625. The van der Waals surface area contributed by atoms with Crippen molar-refractivity contribution in [2.24, 2.45) is 5.73 Å². The summed E-state index contributed by atoms with van der Waals surface area (Å²) in [5.74, 6) is 1.76. The second kappa shape index (κ2) is 5.39. The standard InChI is InChI=1S/C14H14N2O2/c1-2-7-18-14(17)12(15)8-10-9-16-13-6-4-3-5-11(10)13/h1,3-6,9,12,16H,7-8,15H2/t12-/m0/s1. The number of esters is 1. The van der Waals surface area contributed by atoms with Crippen molar-refractivity contribution in [3.8, 4) is 12.3 Å². The highest BCUT2D eigenvalue weighted by molar-refractivity contribution is 5.84. The smallest absolute Gasteiger partial charge is 0.324 e. The molecule has 0 aliphatic rings. The van der Waals surface area contributed by atoms with Crippen LogP contribution in [0.1, 0.15) is 5.56 Å². The predicted molar refractivity (Wildman–Crippen MR) is 69.8 cm³/mol. The summed E-state index contributed by atoms with van der Waals surface area (Å²) in [6.07, 6.45) is 7.30. The molecule has 0 amide bonds. The Kier molecular flexibility index (Phi) is 3.66. The largest absolute Gasteiger partial charge is 0.451 e. The summed E-state index contributed by atoms with van der Waals surface area (Å²) in [7, 11) is 0. The third kappa shape index (κ3) is 2.53. The molecule has 4 heteroatoms. The Hall–Kier alpha value is -2.25. The zero-order chi connectivity index (χ0) is 13.0. The molecule has 2 rings (SSSR count). The number of benzene rings is 1. The number of fused-ring (bicyclic) bond motifs is 1. The fourth-order valence-corrected chi connectivity index (χ4v) is 1.84. The lowest BCUT2D eigenvalue weighted by Crippen LogP contribution is -2.34. The normalized spacial score (nSPS) is 12.0. The maximum Gasteiger partial charge on any atom is 0.324 e. The molecular formula is C14H14N2O2. The van der Waals surface area contributed by atoms with Crippen molar-refractivity contribution >= 4 is 16.9 Å². The summed E-state index contributed by atoms with van der Waals surface area (Å²) in [5.41, 5.74) is 7.80. The first-order chi connectivity index (χ1) is 8.72. The third-order valence-electron chi connectivity index (χ3n) is 2.72. The van der Waals surface area contributed by atoms with Crippen LogP contribution in [0.5, 0.6) is 0 Å². The number of terminal acetylenes is 1. The van der Waals surface area contributed by atoms with Gasteiger partial charge >= 0.3 is 5.97 Å². The minimum Gasteiger partial charge on any atom is -0.451 e. The van der Waals surface area contributed by atoms with Crippen molar-refractivity contribution in [2.45, 2.75) is 12.5 Å². The van der Waals surface area contributed by atoms with Crippen LogP contribution in [0.25, 0.3) is 10.9 Å². The molecule has 0 aliphatic carbocycles. The predicted octanol–water partition coefficient (Wildman–Crippen LogP) is 1.21. The molecule has 3 N–H and O–H groups in total. The maximum atomic E-state index is 11.5. The van der Waals surface area contributed by atoms with Gasteiger partial charge in [0.15, 0.2) is 6.61 Å². The highest BCUT2D eigenvalue weighted by atomic mass is 16.5. The Morgan fingerprint density at radius 2 is 2.28 bits per heavy atom. The van der Waals surface area contributed by atoms with Crippen LogP contribution < -0.4 is 5.73 Å². The number of carbonyl (C=O) groups excluding carboxylic acids is 1. The van der Waals surface area contributed by atoms with Gasteiger partial charge in [0, 0.05) is 23.5 Å². The molecule has 0 saturated carbocycles. The molecule has 1 aromatic carbocycles. The summed E-state index contributed by atoms with van der Waals surface area (Å²) in [6, 6.07) is 7.16. The topological polar surface area (TPSA) is 68.1 Å². The number of hydrogen-bond donors (Lipinski definition) is 2. The third-order valence-corrected chi connectivity index (χ3v) is 2.72. The molecule has 1 aromatic heterocycles. The van der Waals surface area contributed by atoms with Crippen molar-refractivity contribution < 1.29 is 9.53 Å². The number of ether oxygens (including phenoxy) is 1. The van der Waals surface area contributed by atoms with E-state index in [2.05, 4.69) is 10.9 Å². The number of carbonyl (C=O) groups is 1. The average molecular weight is 242 g/mol. The Bertz CT molecular complexity index is 595. The van der Waals surface area contributed by atoms with E-state index in [0.717, 1.165) is 16.5 Å². The second-order valence-corrected chi connectivity index (χ2v) is 3.98. The highest BCUT2D eigenvalue weighted by Crippen LogP contribution is 2.18. The molecule has 0 radical (unpaired) electrons. The molecule has 2 aromatic rings. The van der Waals surface area contributed by atoms with E-state index in [1.807, 2.05) is 30.5 Å². The molecule has 0 spiro atoms. The van der Waals surface area contributed by atoms with E-state index in [1.54, 1.807) is 0 Å². The van der Waals surface area contributed by atoms with Gasteiger partial charge < -0.3 is 15.5 Å². The van der Waals surface area contributed by atoms with Gasteiger partial charge in [-0.15, -0.1) is 6.42 Å². The van der Waals surface area contributed by atoms with Gasteiger partial charge in [0.2, 0.25) is 0 Å². The lowest BCUT2D eigenvalue weighted by molar-refractivity contribution is -0.143. The second-order valence-electron chi connectivity index (χ2n) is 3.98. The number of nitrogens with two attached hydrogens (primary N) is 1. The number of hydrogen-bond acceptors (Lipinski definition) is 3. The van der Waals surface area contributed by atoms with Crippen LogP contribution in [-0.2, 0) is 16.0 Å². The molecule has 4 nitrogen and oxygen atoms in total. The van der Waals surface area contributed by atoms with Crippen LogP contribution in [-0.4, -0.2) is 23.6 Å². The number of aromatic nitrogens is 1. The van der Waals surface area contributed by atoms with Crippen LogP contribution in [0.15, 0.2) is 30.5 Å². The molecule has 0 unspecified atom stereocenters. The van der Waals surface area contributed by atoms with E-state index in [0.29, 0.717) is 6.42 Å². The van der Waals surface area contributed by atoms with E-state index >= 15 is 0 Å². The van der Waals surface area contributed by atoms with Gasteiger partial charge in [-0.05, 0) is 11.6 Å². The van der Waals surface area contributed by atoms with E-state index in [-0.39, 0.29) is 6.61 Å². The van der Waals surface area contributed by atoms with Crippen LogP contribution in [0.4, 0.5) is 0 Å². The van der Waals surface area contributed by atoms with E-state index in [9.17, 15) is 4.79 Å². The highest BCUT2D eigenvalue weighted by Gasteiger charge is 2.17. The molecule has 0 bridgehead atoms. The Morgan fingerprint density at radius 3 is 3.06 bits per heavy atom. The molecule has 18 heavy (non-hydrogen) atoms. The van der Waals surface area contributed by atoms with Gasteiger partial charge in [0.05, 0.1) is 0 Å². The first-order valence-electron chi connectivity index (χ1n) is 5.63. The maximum absolute atomic E-state index is 11.5. The number of nitrogens with one attached hydrogen (secondary N) is 1. The van der Waals surface area contributed by atoms with Crippen molar-refractivity contribution in [1.29, 1.82) is 0 Å². The van der Waals surface area contributed by atoms with Crippen molar-refractivity contribution in [1.82, 2.24) is 4.98 Å². The van der Waals surface area contributed by atoms with Crippen molar-refractivity contribution in [2.75, 3.05) is 6.61 Å². The Balaban J connectivity index is 2.09. The van der Waals surface area contributed by atoms with Gasteiger partial charge in [0.25, 0.3) is 0 Å². The SMILES string of the molecule is C#CCOC(=O)[C@@H](N)Cc1c[nH]c2ccccc12. The first kappa shape index (κ1) is 12.2. The monoisotopic (exact) mass is 242 g/mol. The number of aromatic amines is 1. The fourth-order valence-electron chi connectivity index (χ4n) is 1.84. The molecule has 0 aliphatic heterocycles. The number of H-pyrrole nitrogens is 1. The minimum atomic E-state index is -0.697. The van der Waals surface area contributed by atoms with Crippen molar-refractivity contribution in [3.63, 3.8) is 0 Å².